The van der Waals surface area contributed by atoms with Gasteiger partial charge < -0.3 is 9.84 Å². The predicted molar refractivity (Wildman–Crippen MR) is 69.1 cm³/mol. The maximum atomic E-state index is 9.65. The van der Waals surface area contributed by atoms with Gasteiger partial charge in [0, 0.05) is 25.2 Å². The van der Waals surface area contributed by atoms with Gasteiger partial charge in [0.05, 0.1) is 0 Å². The average Bonchev–Trinajstić information content (AvgIpc) is 2.41. The van der Waals surface area contributed by atoms with E-state index in [1.54, 1.807) is 0 Å². The summed E-state index contributed by atoms with van der Waals surface area (Å²) in [4.78, 5) is 0. The van der Waals surface area contributed by atoms with Gasteiger partial charge in [0.25, 0.3) is 0 Å². The highest BCUT2D eigenvalue weighted by Gasteiger charge is 2.31. The molecule has 1 aromatic rings. The van der Waals surface area contributed by atoms with Gasteiger partial charge >= 0.3 is 0 Å². The highest BCUT2D eigenvalue weighted by Crippen LogP contribution is 2.33. The molecule has 0 aliphatic carbocycles. The van der Waals surface area contributed by atoms with Crippen LogP contribution in [0.3, 0.4) is 0 Å². The minimum Gasteiger partial charge on any atom is -0.396 e. The van der Waals surface area contributed by atoms with Crippen LogP contribution in [0, 0.1) is 5.41 Å². The zero-order valence-electron chi connectivity index (χ0n) is 10.6. The maximum absolute atomic E-state index is 9.65. The Morgan fingerprint density at radius 2 is 1.71 bits per heavy atom. The Morgan fingerprint density at radius 3 is 2.24 bits per heavy atom. The molecule has 2 rings (SSSR count). The first kappa shape index (κ1) is 12.6. The number of aliphatic hydroxyl groups is 1. The van der Waals surface area contributed by atoms with Crippen LogP contribution in [0.2, 0.25) is 0 Å². The fraction of sp³-hybridized carbons (Fsp3) is 0.600. The van der Waals surface area contributed by atoms with E-state index in [1.807, 2.05) is 0 Å². The average molecular weight is 234 g/mol. The van der Waals surface area contributed by atoms with Crippen LogP contribution in [-0.2, 0) is 17.6 Å². The molecule has 2 heteroatoms. The molecule has 1 fully saturated rings. The van der Waals surface area contributed by atoms with E-state index in [0.717, 1.165) is 38.9 Å². The van der Waals surface area contributed by atoms with E-state index in [9.17, 15) is 5.11 Å². The highest BCUT2D eigenvalue weighted by molar-refractivity contribution is 5.23. The van der Waals surface area contributed by atoms with Crippen LogP contribution in [-0.4, -0.2) is 24.9 Å². The number of aryl methyl sites for hydroxylation is 1. The summed E-state index contributed by atoms with van der Waals surface area (Å²) in [7, 11) is 0. The van der Waals surface area contributed by atoms with Crippen molar-refractivity contribution in [3.8, 4) is 0 Å². The largest absolute Gasteiger partial charge is 0.396 e. The van der Waals surface area contributed by atoms with E-state index in [-0.39, 0.29) is 12.0 Å². The van der Waals surface area contributed by atoms with Gasteiger partial charge in [-0.25, -0.2) is 0 Å². The predicted octanol–water partition coefficient (Wildman–Crippen LogP) is 2.58. The quantitative estimate of drug-likeness (QED) is 0.867. The minimum atomic E-state index is 0.0476. The molecule has 2 nitrogen and oxygen atoms in total. The Balaban J connectivity index is 2.06. The molecule has 0 amide bonds. The Labute approximate surface area is 104 Å². The lowest BCUT2D eigenvalue weighted by Gasteiger charge is -2.35. The molecule has 0 spiro atoms. The Kier molecular flexibility index (Phi) is 4.19. The van der Waals surface area contributed by atoms with E-state index in [1.165, 1.54) is 11.1 Å². The van der Waals surface area contributed by atoms with Crippen molar-refractivity contribution < 1.29 is 9.84 Å². The fourth-order valence-corrected chi connectivity index (χ4v) is 2.52. The standard InChI is InChI=1S/C15H22O2/c1-2-13-3-5-14(6-4-13)11-15(12-16)7-9-17-10-8-15/h3-6,16H,2,7-12H2,1H3. The third-order valence-corrected chi connectivity index (χ3v) is 3.90. The lowest BCUT2D eigenvalue weighted by Crippen LogP contribution is -2.35. The van der Waals surface area contributed by atoms with E-state index >= 15 is 0 Å². The van der Waals surface area contributed by atoms with Crippen LogP contribution in [0.25, 0.3) is 0 Å². The molecule has 0 unspecified atom stereocenters. The molecule has 1 aliphatic heterocycles. The van der Waals surface area contributed by atoms with Crippen LogP contribution in [0.15, 0.2) is 24.3 Å². The minimum absolute atomic E-state index is 0.0476. The van der Waals surface area contributed by atoms with Crippen molar-refractivity contribution in [3.63, 3.8) is 0 Å². The van der Waals surface area contributed by atoms with E-state index in [4.69, 9.17) is 4.74 Å². The van der Waals surface area contributed by atoms with Gasteiger partial charge in [0.1, 0.15) is 0 Å². The summed E-state index contributed by atoms with van der Waals surface area (Å²) in [6.07, 6.45) is 3.99. The zero-order valence-corrected chi connectivity index (χ0v) is 10.6. The van der Waals surface area contributed by atoms with Gasteiger partial charge in [-0.3, -0.25) is 0 Å². The molecule has 0 bridgehead atoms. The summed E-state index contributed by atoms with van der Waals surface area (Å²) in [6, 6.07) is 8.79. The Hall–Kier alpha value is -0.860. The highest BCUT2D eigenvalue weighted by atomic mass is 16.5. The second kappa shape index (κ2) is 5.65. The summed E-state index contributed by atoms with van der Waals surface area (Å²) in [5.41, 5.74) is 2.75. The summed E-state index contributed by atoms with van der Waals surface area (Å²) in [5, 5.41) is 9.65. The normalized spacial score (nSPS) is 19.2. The summed E-state index contributed by atoms with van der Waals surface area (Å²) in [5.74, 6) is 0. The first-order chi connectivity index (χ1) is 8.28. The van der Waals surface area contributed by atoms with E-state index in [2.05, 4.69) is 31.2 Å². The van der Waals surface area contributed by atoms with Crippen molar-refractivity contribution in [2.45, 2.75) is 32.6 Å². The summed E-state index contributed by atoms with van der Waals surface area (Å²) in [6.45, 7) is 4.01. The molecule has 1 aromatic carbocycles. The summed E-state index contributed by atoms with van der Waals surface area (Å²) >= 11 is 0. The number of hydrogen-bond acceptors (Lipinski definition) is 2. The zero-order chi connectivity index (χ0) is 12.1. The van der Waals surface area contributed by atoms with Gasteiger partial charge in [-0.2, -0.15) is 0 Å². The maximum Gasteiger partial charge on any atom is 0.0492 e. The van der Waals surface area contributed by atoms with Crippen molar-refractivity contribution >= 4 is 0 Å². The van der Waals surface area contributed by atoms with E-state index in [0.29, 0.717) is 0 Å². The lowest BCUT2D eigenvalue weighted by molar-refractivity contribution is -0.0157. The molecule has 94 valence electrons. The van der Waals surface area contributed by atoms with Crippen molar-refractivity contribution in [3.05, 3.63) is 35.4 Å². The molecule has 0 aromatic heterocycles. The molecular formula is C15H22O2. The van der Waals surface area contributed by atoms with Gasteiger partial charge in [0.15, 0.2) is 0 Å². The smallest absolute Gasteiger partial charge is 0.0492 e. The molecule has 0 atom stereocenters. The second-order valence-electron chi connectivity index (χ2n) is 5.12. The van der Waals surface area contributed by atoms with Crippen molar-refractivity contribution in [1.29, 1.82) is 0 Å². The first-order valence-electron chi connectivity index (χ1n) is 6.54. The molecule has 0 radical (unpaired) electrons. The van der Waals surface area contributed by atoms with Crippen molar-refractivity contribution in [2.75, 3.05) is 19.8 Å². The molecule has 1 heterocycles. The number of benzene rings is 1. The molecule has 1 N–H and O–H groups in total. The van der Waals surface area contributed by atoms with Crippen LogP contribution in [0.5, 0.6) is 0 Å². The van der Waals surface area contributed by atoms with Gasteiger partial charge in [-0.05, 0) is 36.8 Å². The second-order valence-corrected chi connectivity index (χ2v) is 5.12. The topological polar surface area (TPSA) is 29.5 Å². The van der Waals surface area contributed by atoms with Gasteiger partial charge in [-0.15, -0.1) is 0 Å². The van der Waals surface area contributed by atoms with Crippen molar-refractivity contribution in [2.24, 2.45) is 5.41 Å². The van der Waals surface area contributed by atoms with Crippen molar-refractivity contribution in [1.82, 2.24) is 0 Å². The molecule has 17 heavy (non-hydrogen) atoms. The summed E-state index contributed by atoms with van der Waals surface area (Å²) < 4.78 is 5.39. The number of ether oxygens (including phenoxy) is 1. The van der Waals surface area contributed by atoms with Crippen LogP contribution in [0.1, 0.15) is 30.9 Å². The van der Waals surface area contributed by atoms with Crippen LogP contribution in [0.4, 0.5) is 0 Å². The monoisotopic (exact) mass is 234 g/mol. The number of aliphatic hydroxyl groups excluding tert-OH is 1. The Morgan fingerprint density at radius 1 is 1.12 bits per heavy atom. The van der Waals surface area contributed by atoms with Crippen LogP contribution < -0.4 is 0 Å². The SMILES string of the molecule is CCc1ccc(CC2(CO)CCOCC2)cc1. The number of hydrogen-bond donors (Lipinski definition) is 1. The third-order valence-electron chi connectivity index (χ3n) is 3.90. The van der Waals surface area contributed by atoms with E-state index < -0.39 is 0 Å². The molecule has 0 saturated carbocycles. The molecule has 1 saturated heterocycles. The Bertz CT molecular complexity index is 336. The molecule has 1 aliphatic rings. The van der Waals surface area contributed by atoms with Gasteiger partial charge in [-0.1, -0.05) is 31.2 Å². The molecular weight excluding hydrogens is 212 g/mol. The fourth-order valence-electron chi connectivity index (χ4n) is 2.52. The van der Waals surface area contributed by atoms with Gasteiger partial charge in [0.2, 0.25) is 0 Å². The first-order valence-corrected chi connectivity index (χ1v) is 6.54. The van der Waals surface area contributed by atoms with Crippen LogP contribution >= 0.6 is 0 Å². The number of rotatable bonds is 4. The third kappa shape index (κ3) is 3.08. The lowest BCUT2D eigenvalue weighted by atomic mass is 9.76.